The van der Waals surface area contributed by atoms with Crippen LogP contribution < -0.4 is 0 Å². The van der Waals surface area contributed by atoms with Gasteiger partial charge in [-0.1, -0.05) is 35.5 Å². The number of hydrogen-bond acceptors (Lipinski definition) is 4. The van der Waals surface area contributed by atoms with Crippen LogP contribution in [0, 0.1) is 0 Å². The van der Waals surface area contributed by atoms with E-state index in [-0.39, 0.29) is 0 Å². The fraction of sp³-hybridized carbons (Fsp3) is 0.214. The third-order valence-electron chi connectivity index (χ3n) is 3.29. The second-order valence-electron chi connectivity index (χ2n) is 4.77. The lowest BCUT2D eigenvalue weighted by molar-refractivity contribution is 0.431. The Morgan fingerprint density at radius 1 is 1.16 bits per heavy atom. The van der Waals surface area contributed by atoms with Gasteiger partial charge in [0, 0.05) is 17.2 Å². The number of rotatable bonds is 3. The first-order valence-corrected chi connectivity index (χ1v) is 6.35. The Bertz CT molecular complexity index is 697. The van der Waals surface area contributed by atoms with Crippen LogP contribution in [0.2, 0.25) is 0 Å². The van der Waals surface area contributed by atoms with Crippen LogP contribution in [-0.4, -0.2) is 20.3 Å². The zero-order valence-electron chi connectivity index (χ0n) is 10.2. The topological polar surface area (TPSA) is 67.6 Å². The average molecular weight is 252 g/mol. The molecule has 0 atom stereocenters. The number of nitrogens with one attached hydrogen (secondary N) is 1. The predicted octanol–water partition coefficient (Wildman–Crippen LogP) is 3.00. The molecule has 1 aliphatic rings. The SMILES string of the molecule is c1ccc(-c2noc(-c3cc(C4CC4)[nH]n3)n2)cc1. The largest absolute Gasteiger partial charge is 0.332 e. The van der Waals surface area contributed by atoms with Gasteiger partial charge in [-0.25, -0.2) is 0 Å². The van der Waals surface area contributed by atoms with Crippen molar-refractivity contribution in [2.45, 2.75) is 18.8 Å². The summed E-state index contributed by atoms with van der Waals surface area (Å²) in [5.41, 5.74) is 2.82. The molecular weight excluding hydrogens is 240 g/mol. The third kappa shape index (κ3) is 1.93. The van der Waals surface area contributed by atoms with E-state index in [9.17, 15) is 0 Å². The minimum Gasteiger partial charge on any atom is -0.332 e. The first-order chi connectivity index (χ1) is 9.40. The average Bonchev–Trinajstić information content (AvgIpc) is 3.01. The summed E-state index contributed by atoms with van der Waals surface area (Å²) in [7, 11) is 0. The molecule has 1 N–H and O–H groups in total. The summed E-state index contributed by atoms with van der Waals surface area (Å²) in [6, 6.07) is 11.8. The van der Waals surface area contributed by atoms with Gasteiger partial charge >= 0.3 is 0 Å². The number of H-pyrrole nitrogens is 1. The normalized spacial score (nSPS) is 14.7. The monoisotopic (exact) mass is 252 g/mol. The molecular formula is C14H12N4O. The number of benzene rings is 1. The minimum absolute atomic E-state index is 0.460. The van der Waals surface area contributed by atoms with Gasteiger partial charge in [0.15, 0.2) is 5.69 Å². The summed E-state index contributed by atoms with van der Waals surface area (Å²) in [4.78, 5) is 4.38. The van der Waals surface area contributed by atoms with Crippen LogP contribution in [0.5, 0.6) is 0 Å². The first-order valence-electron chi connectivity index (χ1n) is 6.35. The molecule has 1 saturated carbocycles. The third-order valence-corrected chi connectivity index (χ3v) is 3.29. The molecule has 0 aliphatic heterocycles. The van der Waals surface area contributed by atoms with E-state index in [2.05, 4.69) is 20.3 Å². The summed E-state index contributed by atoms with van der Waals surface area (Å²) < 4.78 is 5.27. The Kier molecular flexibility index (Phi) is 2.24. The van der Waals surface area contributed by atoms with Gasteiger partial charge in [0.05, 0.1) is 0 Å². The van der Waals surface area contributed by atoms with Crippen LogP contribution in [0.25, 0.3) is 23.0 Å². The molecule has 2 aromatic heterocycles. The number of aromatic amines is 1. The smallest absolute Gasteiger partial charge is 0.278 e. The van der Waals surface area contributed by atoms with E-state index in [1.807, 2.05) is 36.4 Å². The zero-order valence-corrected chi connectivity index (χ0v) is 10.2. The molecule has 4 rings (SSSR count). The molecule has 1 fully saturated rings. The molecule has 0 spiro atoms. The fourth-order valence-electron chi connectivity index (χ4n) is 2.08. The summed E-state index contributed by atoms with van der Waals surface area (Å²) >= 11 is 0. The van der Waals surface area contributed by atoms with Crippen molar-refractivity contribution in [3.8, 4) is 23.0 Å². The van der Waals surface area contributed by atoms with Crippen LogP contribution >= 0.6 is 0 Å². The van der Waals surface area contributed by atoms with Crippen molar-refractivity contribution in [3.63, 3.8) is 0 Å². The zero-order chi connectivity index (χ0) is 12.7. The van der Waals surface area contributed by atoms with Gasteiger partial charge in [-0.15, -0.1) is 0 Å². The number of aromatic nitrogens is 4. The lowest BCUT2D eigenvalue weighted by Crippen LogP contribution is -1.80. The Morgan fingerprint density at radius 3 is 2.79 bits per heavy atom. The van der Waals surface area contributed by atoms with Crippen LogP contribution in [0.3, 0.4) is 0 Å². The van der Waals surface area contributed by atoms with Crippen molar-refractivity contribution in [3.05, 3.63) is 42.1 Å². The van der Waals surface area contributed by atoms with Gasteiger partial charge in [0.25, 0.3) is 5.89 Å². The summed E-state index contributed by atoms with van der Waals surface area (Å²) in [6.07, 6.45) is 2.47. The van der Waals surface area contributed by atoms with E-state index in [0.29, 0.717) is 17.6 Å². The Balaban J connectivity index is 1.66. The van der Waals surface area contributed by atoms with Crippen molar-refractivity contribution >= 4 is 0 Å². The minimum atomic E-state index is 0.460. The van der Waals surface area contributed by atoms with E-state index in [0.717, 1.165) is 17.0 Å². The van der Waals surface area contributed by atoms with E-state index in [4.69, 9.17) is 4.52 Å². The molecule has 1 aromatic carbocycles. The molecule has 0 unspecified atom stereocenters. The lowest BCUT2D eigenvalue weighted by Gasteiger charge is -1.90. The summed E-state index contributed by atoms with van der Waals surface area (Å²) in [6.45, 7) is 0. The Morgan fingerprint density at radius 2 is 2.00 bits per heavy atom. The fourth-order valence-corrected chi connectivity index (χ4v) is 2.08. The van der Waals surface area contributed by atoms with Gasteiger partial charge < -0.3 is 4.52 Å². The summed E-state index contributed by atoms with van der Waals surface area (Å²) in [5.74, 6) is 1.69. The summed E-state index contributed by atoms with van der Waals surface area (Å²) in [5, 5.41) is 11.3. The maximum atomic E-state index is 5.27. The highest BCUT2D eigenvalue weighted by Gasteiger charge is 2.26. The predicted molar refractivity (Wildman–Crippen MR) is 69.3 cm³/mol. The Hall–Kier alpha value is -2.43. The molecule has 2 heterocycles. The highest BCUT2D eigenvalue weighted by molar-refractivity contribution is 5.57. The molecule has 3 aromatic rings. The van der Waals surface area contributed by atoms with Crippen LogP contribution in [0.4, 0.5) is 0 Å². The van der Waals surface area contributed by atoms with Gasteiger partial charge in [-0.05, 0) is 18.9 Å². The van der Waals surface area contributed by atoms with E-state index >= 15 is 0 Å². The van der Waals surface area contributed by atoms with E-state index in [1.165, 1.54) is 12.8 Å². The molecule has 94 valence electrons. The van der Waals surface area contributed by atoms with Crippen molar-refractivity contribution in [1.29, 1.82) is 0 Å². The molecule has 5 heteroatoms. The Labute approximate surface area is 109 Å². The van der Waals surface area contributed by atoms with Crippen LogP contribution in [0.15, 0.2) is 40.9 Å². The standard InChI is InChI=1S/C14H12N4O/c1-2-4-10(5-3-1)13-15-14(19-18-13)12-8-11(16-17-12)9-6-7-9/h1-5,8-9H,6-7H2,(H,16,17). The molecule has 0 radical (unpaired) electrons. The molecule has 19 heavy (non-hydrogen) atoms. The number of hydrogen-bond donors (Lipinski definition) is 1. The van der Waals surface area contributed by atoms with Crippen molar-refractivity contribution < 1.29 is 4.52 Å². The van der Waals surface area contributed by atoms with Crippen molar-refractivity contribution in [1.82, 2.24) is 20.3 Å². The second kappa shape index (κ2) is 4.05. The maximum absolute atomic E-state index is 5.27. The highest BCUT2D eigenvalue weighted by atomic mass is 16.5. The van der Waals surface area contributed by atoms with E-state index < -0.39 is 0 Å². The van der Waals surface area contributed by atoms with Crippen molar-refractivity contribution in [2.24, 2.45) is 0 Å². The van der Waals surface area contributed by atoms with Gasteiger partial charge in [-0.3, -0.25) is 5.10 Å². The van der Waals surface area contributed by atoms with Gasteiger partial charge in [0.2, 0.25) is 5.82 Å². The van der Waals surface area contributed by atoms with Crippen molar-refractivity contribution in [2.75, 3.05) is 0 Å². The van der Waals surface area contributed by atoms with Crippen LogP contribution in [-0.2, 0) is 0 Å². The van der Waals surface area contributed by atoms with Crippen LogP contribution in [0.1, 0.15) is 24.5 Å². The first kappa shape index (κ1) is 10.5. The number of nitrogens with zero attached hydrogens (tertiary/aromatic N) is 3. The molecule has 0 amide bonds. The molecule has 0 saturated heterocycles. The highest BCUT2D eigenvalue weighted by Crippen LogP contribution is 2.39. The quantitative estimate of drug-likeness (QED) is 0.778. The van der Waals surface area contributed by atoms with Gasteiger partial charge in [-0.2, -0.15) is 10.1 Å². The lowest BCUT2D eigenvalue weighted by atomic mass is 10.2. The second-order valence-corrected chi connectivity index (χ2v) is 4.77. The molecule has 5 nitrogen and oxygen atoms in total. The molecule has 0 bridgehead atoms. The maximum Gasteiger partial charge on any atom is 0.278 e. The van der Waals surface area contributed by atoms with E-state index in [1.54, 1.807) is 0 Å². The van der Waals surface area contributed by atoms with Gasteiger partial charge in [0.1, 0.15) is 0 Å². The molecule has 1 aliphatic carbocycles.